The van der Waals surface area contributed by atoms with Gasteiger partial charge in [-0.05, 0) is 34.9 Å². The van der Waals surface area contributed by atoms with Gasteiger partial charge in [0.15, 0.2) is 6.20 Å². The summed E-state index contributed by atoms with van der Waals surface area (Å²) in [5.41, 5.74) is 7.32. The Bertz CT molecular complexity index is 1240. The van der Waals surface area contributed by atoms with Gasteiger partial charge in [-0.3, -0.25) is 0 Å². The van der Waals surface area contributed by atoms with Crippen molar-refractivity contribution in [2.75, 3.05) is 0 Å². The SMILES string of the molecule is [2H]C(C)(C)c1cc[n+](C)c(-c2c3c(c4ccccc4c2C)-n2ccnc2C3)c1. The Morgan fingerprint density at radius 3 is 2.74 bits per heavy atom. The molecule has 0 bridgehead atoms. The van der Waals surface area contributed by atoms with Crippen molar-refractivity contribution >= 4 is 10.8 Å². The van der Waals surface area contributed by atoms with Gasteiger partial charge in [-0.25, -0.2) is 9.55 Å². The summed E-state index contributed by atoms with van der Waals surface area (Å²) in [6.07, 6.45) is 6.86. The van der Waals surface area contributed by atoms with Gasteiger partial charge < -0.3 is 4.57 Å². The highest BCUT2D eigenvalue weighted by atomic mass is 15.1. The van der Waals surface area contributed by atoms with Crippen molar-refractivity contribution < 1.29 is 5.94 Å². The van der Waals surface area contributed by atoms with Crippen LogP contribution in [0.25, 0.3) is 27.7 Å². The van der Waals surface area contributed by atoms with Crippen LogP contribution in [0.5, 0.6) is 0 Å². The van der Waals surface area contributed by atoms with Crippen LogP contribution in [0.3, 0.4) is 0 Å². The van der Waals surface area contributed by atoms with E-state index in [1.807, 2.05) is 20.0 Å². The molecule has 3 heteroatoms. The highest BCUT2D eigenvalue weighted by molar-refractivity contribution is 6.00. The maximum atomic E-state index is 8.50. The molecule has 0 spiro atoms. The summed E-state index contributed by atoms with van der Waals surface area (Å²) in [4.78, 5) is 4.59. The number of nitrogens with zero attached hydrogens (tertiary/aromatic N) is 3. The maximum absolute atomic E-state index is 8.50. The Morgan fingerprint density at radius 1 is 1.19 bits per heavy atom. The van der Waals surface area contributed by atoms with Crippen molar-refractivity contribution in [2.45, 2.75) is 33.1 Å². The minimum atomic E-state index is -0.635. The van der Waals surface area contributed by atoms with Crippen molar-refractivity contribution in [1.82, 2.24) is 9.55 Å². The number of imidazole rings is 1. The predicted octanol–water partition coefficient (Wildman–Crippen LogP) is 4.85. The van der Waals surface area contributed by atoms with Gasteiger partial charge in [-0.1, -0.05) is 38.1 Å². The minimum absolute atomic E-state index is 0.635. The van der Waals surface area contributed by atoms with E-state index in [1.54, 1.807) is 0 Å². The first-order chi connectivity index (χ1) is 13.4. The van der Waals surface area contributed by atoms with E-state index < -0.39 is 5.89 Å². The van der Waals surface area contributed by atoms with Crippen LogP contribution in [0.4, 0.5) is 0 Å². The van der Waals surface area contributed by atoms with Crippen LogP contribution in [0.15, 0.2) is 55.0 Å². The molecule has 3 nitrogen and oxygen atoms in total. The Kier molecular flexibility index (Phi) is 3.24. The smallest absolute Gasteiger partial charge is 0.213 e. The first-order valence-electron chi connectivity index (χ1n) is 9.93. The van der Waals surface area contributed by atoms with Gasteiger partial charge >= 0.3 is 0 Å². The molecule has 1 aliphatic rings. The number of rotatable bonds is 2. The highest BCUT2D eigenvalue weighted by Gasteiger charge is 2.30. The van der Waals surface area contributed by atoms with E-state index in [0.29, 0.717) is 0 Å². The maximum Gasteiger partial charge on any atom is 0.213 e. The molecule has 134 valence electrons. The minimum Gasteiger partial charge on any atom is -0.303 e. The van der Waals surface area contributed by atoms with E-state index in [-0.39, 0.29) is 0 Å². The fourth-order valence-electron chi connectivity index (χ4n) is 4.41. The number of aromatic nitrogens is 3. The summed E-state index contributed by atoms with van der Waals surface area (Å²) in [7, 11) is 2.09. The molecule has 5 rings (SSSR count). The monoisotopic (exact) mass is 355 g/mol. The molecule has 0 amide bonds. The Labute approximate surface area is 161 Å². The van der Waals surface area contributed by atoms with Crippen molar-refractivity contribution in [3.8, 4) is 16.9 Å². The van der Waals surface area contributed by atoms with Crippen LogP contribution in [0.2, 0.25) is 0 Å². The summed E-state index contributed by atoms with van der Waals surface area (Å²) in [6.45, 7) is 6.11. The topological polar surface area (TPSA) is 21.7 Å². The van der Waals surface area contributed by atoms with Gasteiger partial charge in [0.25, 0.3) is 0 Å². The Hall–Kier alpha value is -2.94. The quantitative estimate of drug-likeness (QED) is 0.415. The van der Waals surface area contributed by atoms with E-state index in [0.717, 1.165) is 23.5 Å². The van der Waals surface area contributed by atoms with Crippen molar-refractivity contribution in [3.05, 3.63) is 77.5 Å². The number of pyridine rings is 1. The molecule has 0 unspecified atom stereocenters. The molecule has 2 aromatic carbocycles. The van der Waals surface area contributed by atoms with E-state index in [2.05, 4.69) is 76.9 Å². The average molecular weight is 355 g/mol. The normalized spacial score (nSPS) is 13.6. The van der Waals surface area contributed by atoms with Crippen molar-refractivity contribution in [2.24, 2.45) is 7.05 Å². The van der Waals surface area contributed by atoms with Gasteiger partial charge in [0.2, 0.25) is 5.69 Å². The first kappa shape index (κ1) is 15.2. The van der Waals surface area contributed by atoms with E-state index >= 15 is 0 Å². The molecular formula is C24H24N3+. The van der Waals surface area contributed by atoms with Gasteiger partial charge in [0, 0.05) is 37.7 Å². The molecule has 0 saturated carbocycles. The number of benzene rings is 2. The molecule has 27 heavy (non-hydrogen) atoms. The number of hydrogen-bond donors (Lipinski definition) is 0. The largest absolute Gasteiger partial charge is 0.303 e. The van der Waals surface area contributed by atoms with Gasteiger partial charge in [0.1, 0.15) is 12.9 Å². The molecule has 2 aromatic heterocycles. The summed E-state index contributed by atoms with van der Waals surface area (Å²) in [6, 6.07) is 12.9. The molecule has 4 aromatic rings. The van der Waals surface area contributed by atoms with E-state index in [9.17, 15) is 0 Å². The molecule has 0 N–H and O–H groups in total. The summed E-state index contributed by atoms with van der Waals surface area (Å²) in [5.74, 6) is 0.454. The lowest BCUT2D eigenvalue weighted by Gasteiger charge is -2.16. The van der Waals surface area contributed by atoms with Crippen molar-refractivity contribution in [3.63, 3.8) is 0 Å². The lowest BCUT2D eigenvalue weighted by molar-refractivity contribution is -0.660. The van der Waals surface area contributed by atoms with E-state index in [1.165, 1.54) is 33.2 Å². The molecule has 0 radical (unpaired) electrons. The third-order valence-corrected chi connectivity index (χ3v) is 5.83. The van der Waals surface area contributed by atoms with E-state index in [4.69, 9.17) is 1.37 Å². The van der Waals surface area contributed by atoms with Crippen LogP contribution in [-0.2, 0) is 13.5 Å². The van der Waals surface area contributed by atoms with Crippen LogP contribution in [0, 0.1) is 6.92 Å². The number of hydrogen-bond acceptors (Lipinski definition) is 1. The summed E-state index contributed by atoms with van der Waals surface area (Å²) >= 11 is 0. The summed E-state index contributed by atoms with van der Waals surface area (Å²) < 4.78 is 12.9. The Morgan fingerprint density at radius 2 is 1.96 bits per heavy atom. The third kappa shape index (κ3) is 2.27. The van der Waals surface area contributed by atoms with Crippen LogP contribution < -0.4 is 4.57 Å². The highest BCUT2D eigenvalue weighted by Crippen LogP contribution is 2.42. The fraction of sp³-hybridized carbons (Fsp3) is 0.250. The fourth-order valence-corrected chi connectivity index (χ4v) is 4.41. The van der Waals surface area contributed by atoms with Gasteiger partial charge in [-0.15, -0.1) is 0 Å². The Balaban J connectivity index is 1.90. The molecule has 0 saturated heterocycles. The zero-order valence-corrected chi connectivity index (χ0v) is 16.2. The number of fused-ring (bicyclic) bond motifs is 5. The summed E-state index contributed by atoms with van der Waals surface area (Å²) in [5, 5.41) is 2.54. The van der Waals surface area contributed by atoms with Crippen molar-refractivity contribution in [1.29, 1.82) is 0 Å². The van der Waals surface area contributed by atoms with Crippen LogP contribution in [0.1, 0.15) is 43.6 Å². The van der Waals surface area contributed by atoms with Crippen LogP contribution in [-0.4, -0.2) is 9.55 Å². The van der Waals surface area contributed by atoms with Gasteiger partial charge in [0.05, 0.1) is 11.3 Å². The third-order valence-electron chi connectivity index (χ3n) is 5.83. The second-order valence-electron chi connectivity index (χ2n) is 7.67. The molecule has 0 atom stereocenters. The molecule has 1 aliphatic heterocycles. The predicted molar refractivity (Wildman–Crippen MR) is 109 cm³/mol. The average Bonchev–Trinajstić information content (AvgIpc) is 3.23. The molecule has 3 heterocycles. The van der Waals surface area contributed by atoms with Gasteiger partial charge in [-0.2, -0.15) is 0 Å². The number of aryl methyl sites for hydroxylation is 2. The second-order valence-corrected chi connectivity index (χ2v) is 7.67. The zero-order valence-electron chi connectivity index (χ0n) is 17.2. The van der Waals surface area contributed by atoms with Crippen LogP contribution >= 0.6 is 0 Å². The first-order valence-corrected chi connectivity index (χ1v) is 9.43. The standard InChI is InChI=1S/C24H24N3/c1-15(2)17-9-11-26(4)21(13-17)23-16(3)18-7-5-6-8-19(18)24-20(23)14-22-25-10-12-27(22)24/h5-13,15H,14H2,1-4H3/q+1/i15D. The second kappa shape index (κ2) is 5.78. The molecular weight excluding hydrogens is 330 g/mol. The zero-order chi connectivity index (χ0) is 19.6. The molecule has 0 aliphatic carbocycles. The lowest BCUT2D eigenvalue weighted by atomic mass is 9.89. The lowest BCUT2D eigenvalue weighted by Crippen LogP contribution is -2.31. The molecule has 0 fully saturated rings.